The Labute approximate surface area is 244 Å². The Hall–Kier alpha value is -0.260. The molecule has 0 rings (SSSR count). The topological polar surface area (TPSA) is 0 Å². The zero-order chi connectivity index (χ0) is 27.6. The van der Waals surface area contributed by atoms with Gasteiger partial charge in [-0.3, -0.25) is 0 Å². The van der Waals surface area contributed by atoms with Crippen LogP contribution in [-0.2, 0) is 0 Å². The first kappa shape index (κ1) is 37.7. The molecule has 0 aromatic heterocycles. The van der Waals surface area contributed by atoms with E-state index in [1.54, 1.807) is 0 Å². The van der Waals surface area contributed by atoms with Crippen LogP contribution in [0.5, 0.6) is 0 Å². The molecule has 1 atom stereocenters. The summed E-state index contributed by atoms with van der Waals surface area (Å²) in [7, 11) is 0. The smallest absolute Gasteiger partial charge is 0.0351 e. The lowest BCUT2D eigenvalue weighted by atomic mass is 9.95. The first-order chi connectivity index (χ1) is 18.8. The summed E-state index contributed by atoms with van der Waals surface area (Å²) in [6, 6.07) is 0. The van der Waals surface area contributed by atoms with E-state index in [0.29, 0.717) is 0 Å². The van der Waals surface area contributed by atoms with E-state index in [1.165, 1.54) is 205 Å². The van der Waals surface area contributed by atoms with E-state index in [2.05, 4.69) is 32.9 Å². The second-order valence-electron chi connectivity index (χ2n) is 12.9. The van der Waals surface area contributed by atoms with Gasteiger partial charge in [0.25, 0.3) is 0 Å². The SMILES string of the molecule is CC=CCCCCCCCCCCCCCC(C)CCCCCCCCCCCCCCCCCCCC. The van der Waals surface area contributed by atoms with Gasteiger partial charge in [0.2, 0.25) is 0 Å². The van der Waals surface area contributed by atoms with Gasteiger partial charge in [-0.25, -0.2) is 0 Å². The monoisotopic (exact) mass is 533 g/mol. The molecule has 0 saturated heterocycles. The van der Waals surface area contributed by atoms with Crippen LogP contribution >= 0.6 is 0 Å². The van der Waals surface area contributed by atoms with E-state index in [0.717, 1.165) is 5.92 Å². The standard InChI is InChI=1S/C38H76/c1-4-6-8-10-12-14-16-18-20-21-22-23-25-27-29-31-33-35-37-38(3)36-34-32-30-28-26-24-19-17-15-13-11-9-7-5-2/h5,7,38H,4,6,8-37H2,1-3H3. The summed E-state index contributed by atoms with van der Waals surface area (Å²) in [4.78, 5) is 0. The molecule has 0 aromatic carbocycles. The zero-order valence-corrected chi connectivity index (χ0v) is 27.4. The molecule has 0 heterocycles. The molecule has 0 heteroatoms. The lowest BCUT2D eigenvalue weighted by Gasteiger charge is -2.11. The molecule has 1 unspecified atom stereocenters. The van der Waals surface area contributed by atoms with Crippen LogP contribution in [0.4, 0.5) is 0 Å². The van der Waals surface area contributed by atoms with Crippen molar-refractivity contribution in [3.63, 3.8) is 0 Å². The molecule has 0 aliphatic carbocycles. The van der Waals surface area contributed by atoms with Crippen LogP contribution in [0.2, 0.25) is 0 Å². The molecule has 0 aromatic rings. The van der Waals surface area contributed by atoms with E-state index >= 15 is 0 Å². The Kier molecular flexibility index (Phi) is 34.5. The first-order valence-electron chi connectivity index (χ1n) is 18.4. The van der Waals surface area contributed by atoms with Crippen molar-refractivity contribution >= 4 is 0 Å². The van der Waals surface area contributed by atoms with Gasteiger partial charge in [0.15, 0.2) is 0 Å². The molecule has 228 valence electrons. The van der Waals surface area contributed by atoms with Gasteiger partial charge in [-0.05, 0) is 25.7 Å². The van der Waals surface area contributed by atoms with Crippen molar-refractivity contribution in [3.8, 4) is 0 Å². The van der Waals surface area contributed by atoms with Crippen LogP contribution in [0, 0.1) is 5.92 Å². The summed E-state index contributed by atoms with van der Waals surface area (Å²) >= 11 is 0. The van der Waals surface area contributed by atoms with Gasteiger partial charge in [-0.15, -0.1) is 0 Å². The summed E-state index contributed by atoms with van der Waals surface area (Å²) in [5, 5.41) is 0. The van der Waals surface area contributed by atoms with Gasteiger partial charge in [0, 0.05) is 0 Å². The Morgan fingerprint density at radius 1 is 0.368 bits per heavy atom. The van der Waals surface area contributed by atoms with E-state index < -0.39 is 0 Å². The highest BCUT2D eigenvalue weighted by molar-refractivity contribution is 4.76. The molecule has 0 fully saturated rings. The predicted molar refractivity (Wildman–Crippen MR) is 177 cm³/mol. The minimum Gasteiger partial charge on any atom is -0.0917 e. The van der Waals surface area contributed by atoms with Crippen molar-refractivity contribution in [3.05, 3.63) is 12.2 Å². The molecule has 0 nitrogen and oxygen atoms in total. The highest BCUT2D eigenvalue weighted by Gasteiger charge is 2.02. The number of hydrogen-bond donors (Lipinski definition) is 0. The fraction of sp³-hybridized carbons (Fsp3) is 0.947. The number of unbranched alkanes of at least 4 members (excludes halogenated alkanes) is 28. The highest BCUT2D eigenvalue weighted by Crippen LogP contribution is 2.20. The van der Waals surface area contributed by atoms with Crippen LogP contribution < -0.4 is 0 Å². The Balaban J connectivity index is 3.14. The average Bonchev–Trinajstić information content (AvgIpc) is 2.92. The van der Waals surface area contributed by atoms with Crippen LogP contribution in [-0.4, -0.2) is 0 Å². The molecule has 0 N–H and O–H groups in total. The predicted octanol–water partition coefficient (Wildman–Crippen LogP) is 14.7. The average molecular weight is 533 g/mol. The largest absolute Gasteiger partial charge is 0.0917 e. The summed E-state index contributed by atoms with van der Waals surface area (Å²) < 4.78 is 0. The maximum atomic E-state index is 2.51. The number of allylic oxidation sites excluding steroid dienone is 2. The van der Waals surface area contributed by atoms with Gasteiger partial charge < -0.3 is 0 Å². The summed E-state index contributed by atoms with van der Waals surface area (Å²) in [5.74, 6) is 0.962. The second-order valence-corrected chi connectivity index (χ2v) is 12.9. The van der Waals surface area contributed by atoms with Gasteiger partial charge in [-0.2, -0.15) is 0 Å². The lowest BCUT2D eigenvalue weighted by Crippen LogP contribution is -1.95. The molecular formula is C38H76. The van der Waals surface area contributed by atoms with Crippen LogP contribution in [0.1, 0.15) is 226 Å². The molecular weight excluding hydrogens is 456 g/mol. The van der Waals surface area contributed by atoms with Crippen molar-refractivity contribution in [2.75, 3.05) is 0 Å². The molecule has 0 spiro atoms. The molecule has 0 bridgehead atoms. The van der Waals surface area contributed by atoms with Crippen molar-refractivity contribution < 1.29 is 0 Å². The highest BCUT2D eigenvalue weighted by atomic mass is 14.1. The minimum absolute atomic E-state index is 0.962. The third-order valence-corrected chi connectivity index (χ3v) is 8.85. The van der Waals surface area contributed by atoms with Gasteiger partial charge >= 0.3 is 0 Å². The maximum Gasteiger partial charge on any atom is -0.0351 e. The van der Waals surface area contributed by atoms with Crippen LogP contribution in [0.15, 0.2) is 12.2 Å². The van der Waals surface area contributed by atoms with E-state index in [1.807, 2.05) is 0 Å². The third-order valence-electron chi connectivity index (χ3n) is 8.85. The van der Waals surface area contributed by atoms with Gasteiger partial charge in [0.1, 0.15) is 0 Å². The normalized spacial score (nSPS) is 12.6. The Bertz CT molecular complexity index is 422. The number of rotatable bonds is 33. The van der Waals surface area contributed by atoms with Crippen molar-refractivity contribution in [1.82, 2.24) is 0 Å². The van der Waals surface area contributed by atoms with Crippen molar-refractivity contribution in [1.29, 1.82) is 0 Å². The zero-order valence-electron chi connectivity index (χ0n) is 27.4. The Morgan fingerprint density at radius 2 is 0.632 bits per heavy atom. The van der Waals surface area contributed by atoms with E-state index in [-0.39, 0.29) is 0 Å². The Morgan fingerprint density at radius 3 is 0.921 bits per heavy atom. The maximum absolute atomic E-state index is 2.51. The van der Waals surface area contributed by atoms with Crippen molar-refractivity contribution in [2.45, 2.75) is 226 Å². The molecule has 0 radical (unpaired) electrons. The molecule has 0 aliphatic heterocycles. The van der Waals surface area contributed by atoms with Crippen LogP contribution in [0.3, 0.4) is 0 Å². The molecule has 0 aliphatic rings. The van der Waals surface area contributed by atoms with E-state index in [4.69, 9.17) is 0 Å². The third kappa shape index (κ3) is 33.8. The minimum atomic E-state index is 0.962. The van der Waals surface area contributed by atoms with Crippen LogP contribution in [0.25, 0.3) is 0 Å². The number of hydrogen-bond acceptors (Lipinski definition) is 0. The summed E-state index contributed by atoms with van der Waals surface area (Å²) in [6.07, 6.45) is 51.4. The summed E-state index contributed by atoms with van der Waals surface area (Å²) in [5.41, 5.74) is 0. The van der Waals surface area contributed by atoms with Gasteiger partial charge in [0.05, 0.1) is 0 Å². The second kappa shape index (κ2) is 34.8. The first-order valence-corrected chi connectivity index (χ1v) is 18.4. The lowest BCUT2D eigenvalue weighted by molar-refractivity contribution is 0.429. The molecule has 0 amide bonds. The van der Waals surface area contributed by atoms with E-state index in [9.17, 15) is 0 Å². The fourth-order valence-electron chi connectivity index (χ4n) is 6.05. The van der Waals surface area contributed by atoms with Crippen molar-refractivity contribution in [2.24, 2.45) is 5.92 Å². The quantitative estimate of drug-likeness (QED) is 0.0582. The van der Waals surface area contributed by atoms with Gasteiger partial charge in [-0.1, -0.05) is 219 Å². The summed E-state index contributed by atoms with van der Waals surface area (Å²) in [6.45, 7) is 6.94. The molecule has 0 saturated carbocycles. The molecule has 38 heavy (non-hydrogen) atoms. The fourth-order valence-corrected chi connectivity index (χ4v) is 6.05.